The molecule has 2 N–H and O–H groups in total. The molecule has 1 aliphatic rings. The highest BCUT2D eigenvalue weighted by molar-refractivity contribution is 7.20. The number of hydrogen-bond donors (Lipinski definition) is 2. The van der Waals surface area contributed by atoms with Gasteiger partial charge in [0.05, 0.1) is 22.4 Å². The number of rotatable bonds is 3. The first-order chi connectivity index (χ1) is 9.22. The van der Waals surface area contributed by atoms with Crippen LogP contribution in [0.1, 0.15) is 35.5 Å². The molecular weight excluding hydrogens is 260 g/mol. The number of carbonyl (C=O) groups excluding carboxylic acids is 1. The molecule has 1 saturated carbocycles. The van der Waals surface area contributed by atoms with Gasteiger partial charge in [-0.1, -0.05) is 25.0 Å². The second kappa shape index (κ2) is 4.90. The van der Waals surface area contributed by atoms with Crippen molar-refractivity contribution in [2.24, 2.45) is 0 Å². The topological polar surface area (TPSA) is 62.2 Å². The number of aliphatic hydroxyl groups excluding tert-OH is 1. The van der Waals surface area contributed by atoms with Gasteiger partial charge in [-0.05, 0) is 25.0 Å². The summed E-state index contributed by atoms with van der Waals surface area (Å²) in [6, 6.07) is 7.71. The van der Waals surface area contributed by atoms with Crippen molar-refractivity contribution < 1.29 is 9.90 Å². The maximum atomic E-state index is 12.3. The van der Waals surface area contributed by atoms with Crippen LogP contribution in [0.3, 0.4) is 0 Å². The summed E-state index contributed by atoms with van der Waals surface area (Å²) in [5, 5.41) is 13.0. The molecule has 1 aliphatic carbocycles. The van der Waals surface area contributed by atoms with Crippen molar-refractivity contribution in [1.29, 1.82) is 0 Å². The van der Waals surface area contributed by atoms with E-state index in [0.717, 1.165) is 35.9 Å². The van der Waals surface area contributed by atoms with Crippen LogP contribution in [0.4, 0.5) is 0 Å². The van der Waals surface area contributed by atoms with Gasteiger partial charge in [0, 0.05) is 0 Å². The van der Waals surface area contributed by atoms with Crippen LogP contribution in [0.25, 0.3) is 10.2 Å². The fourth-order valence-corrected chi connectivity index (χ4v) is 3.50. The summed E-state index contributed by atoms with van der Waals surface area (Å²) in [7, 11) is 0. The molecule has 100 valence electrons. The molecule has 0 unspecified atom stereocenters. The summed E-state index contributed by atoms with van der Waals surface area (Å²) < 4.78 is 1.01. The van der Waals surface area contributed by atoms with E-state index in [-0.39, 0.29) is 12.5 Å². The molecule has 1 heterocycles. The number of aliphatic hydroxyl groups is 1. The van der Waals surface area contributed by atoms with E-state index in [2.05, 4.69) is 10.3 Å². The van der Waals surface area contributed by atoms with Gasteiger partial charge in [0.15, 0.2) is 5.01 Å². The molecular formula is C14H16N2O2S. The van der Waals surface area contributed by atoms with E-state index in [1.807, 2.05) is 24.3 Å². The molecule has 1 aromatic carbocycles. The maximum Gasteiger partial charge on any atom is 0.280 e. The molecule has 3 rings (SSSR count). The summed E-state index contributed by atoms with van der Waals surface area (Å²) >= 11 is 1.39. The molecule has 2 aromatic rings. The van der Waals surface area contributed by atoms with Crippen molar-refractivity contribution in [2.75, 3.05) is 6.61 Å². The van der Waals surface area contributed by atoms with E-state index in [9.17, 15) is 9.90 Å². The first-order valence-corrected chi connectivity index (χ1v) is 7.33. The summed E-state index contributed by atoms with van der Waals surface area (Å²) in [6.45, 7) is 0.00361. The predicted molar refractivity (Wildman–Crippen MR) is 75.4 cm³/mol. The number of para-hydroxylation sites is 1. The summed E-state index contributed by atoms with van der Waals surface area (Å²) in [4.78, 5) is 16.6. The largest absolute Gasteiger partial charge is 0.394 e. The van der Waals surface area contributed by atoms with E-state index in [0.29, 0.717) is 5.01 Å². The van der Waals surface area contributed by atoms with Crippen LogP contribution in [-0.2, 0) is 0 Å². The van der Waals surface area contributed by atoms with Gasteiger partial charge in [-0.25, -0.2) is 4.98 Å². The Morgan fingerprint density at radius 3 is 2.79 bits per heavy atom. The van der Waals surface area contributed by atoms with E-state index < -0.39 is 5.54 Å². The zero-order valence-corrected chi connectivity index (χ0v) is 11.4. The van der Waals surface area contributed by atoms with E-state index >= 15 is 0 Å². The van der Waals surface area contributed by atoms with Crippen LogP contribution in [0.2, 0.25) is 0 Å². The van der Waals surface area contributed by atoms with Gasteiger partial charge in [-0.15, -0.1) is 11.3 Å². The van der Waals surface area contributed by atoms with Crippen molar-refractivity contribution in [3.8, 4) is 0 Å². The highest BCUT2D eigenvalue weighted by atomic mass is 32.1. The zero-order valence-electron chi connectivity index (χ0n) is 10.6. The summed E-state index contributed by atoms with van der Waals surface area (Å²) in [5.74, 6) is -0.169. The average Bonchev–Trinajstić information content (AvgIpc) is 3.05. The zero-order chi connectivity index (χ0) is 13.3. The molecule has 0 saturated heterocycles. The van der Waals surface area contributed by atoms with Crippen molar-refractivity contribution in [3.63, 3.8) is 0 Å². The monoisotopic (exact) mass is 276 g/mol. The second-order valence-corrected chi connectivity index (χ2v) is 6.12. The third-order valence-electron chi connectivity index (χ3n) is 3.73. The molecule has 4 nitrogen and oxygen atoms in total. The smallest absolute Gasteiger partial charge is 0.280 e. The highest BCUT2D eigenvalue weighted by Gasteiger charge is 2.35. The summed E-state index contributed by atoms with van der Waals surface area (Å²) in [6.07, 6.45) is 3.81. The van der Waals surface area contributed by atoms with Gasteiger partial charge in [-0.2, -0.15) is 0 Å². The number of amides is 1. The lowest BCUT2D eigenvalue weighted by Crippen LogP contribution is -2.49. The Morgan fingerprint density at radius 1 is 1.37 bits per heavy atom. The molecule has 0 atom stereocenters. The minimum absolute atomic E-state index is 0.00361. The average molecular weight is 276 g/mol. The van der Waals surface area contributed by atoms with E-state index in [1.54, 1.807) is 0 Å². The van der Waals surface area contributed by atoms with Crippen LogP contribution >= 0.6 is 11.3 Å². The molecule has 0 spiro atoms. The van der Waals surface area contributed by atoms with Crippen molar-refractivity contribution >= 4 is 27.5 Å². The highest BCUT2D eigenvalue weighted by Crippen LogP contribution is 2.30. The lowest BCUT2D eigenvalue weighted by atomic mass is 9.99. The number of fused-ring (bicyclic) bond motifs is 1. The number of hydrogen-bond acceptors (Lipinski definition) is 4. The van der Waals surface area contributed by atoms with Crippen molar-refractivity contribution in [1.82, 2.24) is 10.3 Å². The first-order valence-electron chi connectivity index (χ1n) is 6.51. The lowest BCUT2D eigenvalue weighted by molar-refractivity contribution is 0.0838. The number of nitrogens with zero attached hydrogens (tertiary/aromatic N) is 1. The van der Waals surface area contributed by atoms with Crippen molar-refractivity contribution in [3.05, 3.63) is 29.3 Å². The van der Waals surface area contributed by atoms with Gasteiger partial charge in [0.2, 0.25) is 0 Å². The van der Waals surface area contributed by atoms with Crippen LogP contribution in [0.5, 0.6) is 0 Å². The maximum absolute atomic E-state index is 12.3. The fraction of sp³-hybridized carbons (Fsp3) is 0.429. The third-order valence-corrected chi connectivity index (χ3v) is 4.77. The number of nitrogens with one attached hydrogen (secondary N) is 1. The Hall–Kier alpha value is -1.46. The molecule has 0 bridgehead atoms. The van der Waals surface area contributed by atoms with Gasteiger partial charge >= 0.3 is 0 Å². The number of aromatic nitrogens is 1. The molecule has 1 amide bonds. The standard InChI is InChI=1S/C14H16N2O2S/c17-9-14(7-3-4-8-14)16-12(18)13-15-10-5-1-2-6-11(10)19-13/h1-2,5-6,17H,3-4,7-9H2,(H,16,18). The minimum Gasteiger partial charge on any atom is -0.394 e. The minimum atomic E-state index is -0.436. The van der Waals surface area contributed by atoms with Gasteiger partial charge in [-0.3, -0.25) is 4.79 Å². The Labute approximate surface area is 115 Å². The number of thiazole rings is 1. The van der Waals surface area contributed by atoms with Gasteiger partial charge in [0.25, 0.3) is 5.91 Å². The SMILES string of the molecule is O=C(NC1(CO)CCCC1)c1nc2ccccc2s1. The van der Waals surface area contributed by atoms with E-state index in [4.69, 9.17) is 0 Å². The van der Waals surface area contributed by atoms with Gasteiger partial charge < -0.3 is 10.4 Å². The first kappa shape index (κ1) is 12.6. The molecule has 5 heteroatoms. The Bertz CT molecular complexity index is 569. The summed E-state index contributed by atoms with van der Waals surface area (Å²) in [5.41, 5.74) is 0.414. The third kappa shape index (κ3) is 2.35. The predicted octanol–water partition coefficient (Wildman–Crippen LogP) is 2.33. The Kier molecular flexibility index (Phi) is 3.24. The quantitative estimate of drug-likeness (QED) is 0.904. The second-order valence-electron chi connectivity index (χ2n) is 5.09. The molecule has 1 fully saturated rings. The Balaban J connectivity index is 1.83. The van der Waals surface area contributed by atoms with E-state index in [1.165, 1.54) is 11.3 Å². The van der Waals surface area contributed by atoms with Crippen LogP contribution in [0, 0.1) is 0 Å². The Morgan fingerprint density at radius 2 is 2.11 bits per heavy atom. The van der Waals surface area contributed by atoms with Gasteiger partial charge in [0.1, 0.15) is 0 Å². The molecule has 1 aromatic heterocycles. The molecule has 19 heavy (non-hydrogen) atoms. The number of benzene rings is 1. The lowest BCUT2D eigenvalue weighted by Gasteiger charge is -2.27. The molecule has 0 radical (unpaired) electrons. The fourth-order valence-electron chi connectivity index (χ4n) is 2.64. The van der Waals surface area contributed by atoms with Crippen molar-refractivity contribution in [2.45, 2.75) is 31.2 Å². The van der Waals surface area contributed by atoms with Crippen LogP contribution < -0.4 is 5.32 Å². The van der Waals surface area contributed by atoms with Crippen LogP contribution in [-0.4, -0.2) is 28.1 Å². The number of carbonyl (C=O) groups is 1. The molecule has 0 aliphatic heterocycles. The van der Waals surface area contributed by atoms with Crippen LogP contribution in [0.15, 0.2) is 24.3 Å². The normalized spacial score (nSPS) is 17.7.